The summed E-state index contributed by atoms with van der Waals surface area (Å²) in [5.41, 5.74) is 0.314. The topological polar surface area (TPSA) is 32.3 Å². The first kappa shape index (κ1) is 14.9. The summed E-state index contributed by atoms with van der Waals surface area (Å²) >= 11 is 3.14. The Morgan fingerprint density at radius 1 is 1.42 bits per heavy atom. The van der Waals surface area contributed by atoms with Gasteiger partial charge >= 0.3 is 0 Å². The van der Waals surface area contributed by atoms with Gasteiger partial charge in [-0.3, -0.25) is 0 Å². The van der Waals surface area contributed by atoms with Gasteiger partial charge in [0, 0.05) is 13.1 Å². The second-order valence-electron chi connectivity index (χ2n) is 5.76. The molecule has 1 fully saturated rings. The van der Waals surface area contributed by atoms with Crippen LogP contribution in [0.25, 0.3) is 0 Å². The lowest BCUT2D eigenvalue weighted by Gasteiger charge is -2.35. The molecule has 0 aliphatic heterocycles. The van der Waals surface area contributed by atoms with Gasteiger partial charge in [-0.15, -0.1) is 0 Å². The molecule has 0 saturated heterocycles. The molecule has 0 aromatic heterocycles. The largest absolute Gasteiger partial charge is 0.389 e. The second-order valence-corrected chi connectivity index (χ2v) is 6.61. The molecule has 1 aromatic rings. The summed E-state index contributed by atoms with van der Waals surface area (Å²) in [4.78, 5) is 0. The summed E-state index contributed by atoms with van der Waals surface area (Å²) < 4.78 is 13.8. The Kier molecular flexibility index (Phi) is 4.98. The zero-order valence-corrected chi connectivity index (χ0v) is 12.8. The second kappa shape index (κ2) is 6.33. The third-order valence-electron chi connectivity index (χ3n) is 3.97. The minimum atomic E-state index is -0.583. The van der Waals surface area contributed by atoms with Gasteiger partial charge in [-0.1, -0.05) is 13.0 Å². The van der Waals surface area contributed by atoms with E-state index in [0.717, 1.165) is 37.2 Å². The number of hydrogen-bond donors (Lipinski definition) is 2. The minimum absolute atomic E-state index is 0.246. The Morgan fingerprint density at radius 3 is 2.74 bits per heavy atom. The average Bonchev–Trinajstić information content (AvgIpc) is 2.38. The first-order chi connectivity index (χ1) is 8.98. The van der Waals surface area contributed by atoms with Gasteiger partial charge in [0.15, 0.2) is 0 Å². The molecule has 1 aliphatic carbocycles. The van der Waals surface area contributed by atoms with Crippen molar-refractivity contribution in [3.8, 4) is 0 Å². The van der Waals surface area contributed by atoms with Gasteiger partial charge in [-0.2, -0.15) is 0 Å². The van der Waals surface area contributed by atoms with Crippen molar-refractivity contribution in [2.75, 3.05) is 6.54 Å². The van der Waals surface area contributed by atoms with Crippen molar-refractivity contribution >= 4 is 15.9 Å². The van der Waals surface area contributed by atoms with E-state index in [-0.39, 0.29) is 5.82 Å². The molecule has 0 spiro atoms. The van der Waals surface area contributed by atoms with E-state index < -0.39 is 5.60 Å². The van der Waals surface area contributed by atoms with Crippen LogP contribution in [0.4, 0.5) is 4.39 Å². The summed E-state index contributed by atoms with van der Waals surface area (Å²) in [6, 6.07) is 5.11. The summed E-state index contributed by atoms with van der Waals surface area (Å²) in [5.74, 6) is 0.477. The normalized spacial score (nSPS) is 27.5. The predicted molar refractivity (Wildman–Crippen MR) is 78.4 cm³/mol. The minimum Gasteiger partial charge on any atom is -0.389 e. The zero-order valence-electron chi connectivity index (χ0n) is 11.3. The molecule has 1 aliphatic rings. The number of rotatable bonds is 4. The number of hydrogen-bond acceptors (Lipinski definition) is 2. The van der Waals surface area contributed by atoms with E-state index in [1.165, 1.54) is 6.07 Å². The maximum atomic E-state index is 13.4. The molecule has 0 amide bonds. The standard InChI is InChI=1S/C15H21BrFNO/c1-11-4-6-15(19,7-5-11)10-18-9-12-2-3-13(16)14(17)8-12/h2-3,8,11,18-19H,4-7,9-10H2,1H3. The molecule has 106 valence electrons. The summed E-state index contributed by atoms with van der Waals surface area (Å²) in [7, 11) is 0. The molecule has 0 atom stereocenters. The summed E-state index contributed by atoms with van der Waals surface area (Å²) in [6.45, 7) is 3.40. The van der Waals surface area contributed by atoms with E-state index in [0.29, 0.717) is 17.6 Å². The molecule has 2 rings (SSSR count). The smallest absolute Gasteiger partial charge is 0.137 e. The van der Waals surface area contributed by atoms with E-state index in [2.05, 4.69) is 28.2 Å². The molecule has 1 saturated carbocycles. The first-order valence-corrected chi connectivity index (χ1v) is 7.65. The predicted octanol–water partition coefficient (Wildman–Crippen LogP) is 3.62. The molecule has 1 aromatic carbocycles. The van der Waals surface area contributed by atoms with E-state index in [4.69, 9.17) is 0 Å². The third-order valence-corrected chi connectivity index (χ3v) is 4.62. The van der Waals surface area contributed by atoms with Gasteiger partial charge < -0.3 is 10.4 Å². The molecule has 4 heteroatoms. The molecule has 0 bridgehead atoms. The van der Waals surface area contributed by atoms with Gasteiger partial charge in [-0.05, 0) is 65.2 Å². The van der Waals surface area contributed by atoms with E-state index in [9.17, 15) is 9.50 Å². The van der Waals surface area contributed by atoms with Crippen molar-refractivity contribution in [3.63, 3.8) is 0 Å². The SMILES string of the molecule is CC1CCC(O)(CNCc2ccc(Br)c(F)c2)CC1. The van der Waals surface area contributed by atoms with Crippen LogP contribution in [0.15, 0.2) is 22.7 Å². The van der Waals surface area contributed by atoms with Gasteiger partial charge in [0.2, 0.25) is 0 Å². The van der Waals surface area contributed by atoms with Crippen LogP contribution in [0.1, 0.15) is 38.2 Å². The molecule has 2 nitrogen and oxygen atoms in total. The van der Waals surface area contributed by atoms with Crippen molar-refractivity contribution in [3.05, 3.63) is 34.1 Å². The van der Waals surface area contributed by atoms with Crippen LogP contribution < -0.4 is 5.32 Å². The van der Waals surface area contributed by atoms with Crippen LogP contribution in [0, 0.1) is 11.7 Å². The Hall–Kier alpha value is -0.450. The maximum absolute atomic E-state index is 13.4. The molecule has 0 unspecified atom stereocenters. The zero-order chi connectivity index (χ0) is 13.9. The summed E-state index contributed by atoms with van der Waals surface area (Å²) in [5, 5.41) is 13.7. The quantitative estimate of drug-likeness (QED) is 0.884. The van der Waals surface area contributed by atoms with Crippen LogP contribution in [-0.4, -0.2) is 17.3 Å². The van der Waals surface area contributed by atoms with Crippen LogP contribution in [0.3, 0.4) is 0 Å². The molecular weight excluding hydrogens is 309 g/mol. The Balaban J connectivity index is 1.81. The highest BCUT2D eigenvalue weighted by Crippen LogP contribution is 2.31. The Bertz CT molecular complexity index is 430. The van der Waals surface area contributed by atoms with Crippen LogP contribution >= 0.6 is 15.9 Å². The molecule has 19 heavy (non-hydrogen) atoms. The highest BCUT2D eigenvalue weighted by atomic mass is 79.9. The first-order valence-electron chi connectivity index (χ1n) is 6.85. The Morgan fingerprint density at radius 2 is 2.11 bits per heavy atom. The number of halogens is 2. The average molecular weight is 330 g/mol. The summed E-state index contributed by atoms with van der Waals surface area (Å²) in [6.07, 6.45) is 3.89. The van der Waals surface area contributed by atoms with Crippen molar-refractivity contribution in [1.29, 1.82) is 0 Å². The van der Waals surface area contributed by atoms with Crippen molar-refractivity contribution in [1.82, 2.24) is 5.32 Å². The number of benzene rings is 1. The van der Waals surface area contributed by atoms with Gasteiger partial charge in [-0.25, -0.2) is 4.39 Å². The number of nitrogens with one attached hydrogen (secondary N) is 1. The highest BCUT2D eigenvalue weighted by molar-refractivity contribution is 9.10. The highest BCUT2D eigenvalue weighted by Gasteiger charge is 2.31. The molecular formula is C15H21BrFNO. The van der Waals surface area contributed by atoms with Crippen molar-refractivity contribution in [2.45, 2.75) is 44.8 Å². The molecule has 2 N–H and O–H groups in total. The molecule has 0 radical (unpaired) electrons. The van der Waals surface area contributed by atoms with E-state index in [1.807, 2.05) is 6.07 Å². The third kappa shape index (κ3) is 4.26. The van der Waals surface area contributed by atoms with Gasteiger partial charge in [0.1, 0.15) is 5.82 Å². The van der Waals surface area contributed by atoms with E-state index in [1.54, 1.807) is 6.07 Å². The van der Waals surface area contributed by atoms with Crippen LogP contribution in [0.5, 0.6) is 0 Å². The fraction of sp³-hybridized carbons (Fsp3) is 0.600. The maximum Gasteiger partial charge on any atom is 0.137 e. The number of aliphatic hydroxyl groups is 1. The lowest BCUT2D eigenvalue weighted by Crippen LogP contribution is -2.43. The van der Waals surface area contributed by atoms with E-state index >= 15 is 0 Å². The van der Waals surface area contributed by atoms with Crippen LogP contribution in [0.2, 0.25) is 0 Å². The van der Waals surface area contributed by atoms with Crippen molar-refractivity contribution in [2.24, 2.45) is 5.92 Å². The lowest BCUT2D eigenvalue weighted by molar-refractivity contribution is -0.00630. The van der Waals surface area contributed by atoms with Gasteiger partial charge in [0.05, 0.1) is 10.1 Å². The fourth-order valence-corrected chi connectivity index (χ4v) is 2.81. The van der Waals surface area contributed by atoms with Crippen LogP contribution in [-0.2, 0) is 6.54 Å². The van der Waals surface area contributed by atoms with Gasteiger partial charge in [0.25, 0.3) is 0 Å². The molecule has 0 heterocycles. The lowest BCUT2D eigenvalue weighted by atomic mass is 9.79. The monoisotopic (exact) mass is 329 g/mol. The Labute approximate surface area is 122 Å². The van der Waals surface area contributed by atoms with Crippen molar-refractivity contribution < 1.29 is 9.50 Å². The fourth-order valence-electron chi connectivity index (χ4n) is 2.57.